The molecule has 0 saturated heterocycles. The van der Waals surface area contributed by atoms with Crippen molar-refractivity contribution in [2.24, 2.45) is 0 Å². The third-order valence-electron chi connectivity index (χ3n) is 3.40. The van der Waals surface area contributed by atoms with E-state index in [1.54, 1.807) is 0 Å². The molecule has 0 spiro atoms. The molecule has 0 aliphatic heterocycles. The van der Waals surface area contributed by atoms with Gasteiger partial charge in [-0.1, -0.05) is 11.8 Å². The number of terminal acetylenes is 2. The average molecular weight is 478 g/mol. The van der Waals surface area contributed by atoms with E-state index in [1.165, 1.54) is 0 Å². The first kappa shape index (κ1) is 26.6. The largest absolute Gasteiger partial charge is 1.00 e. The van der Waals surface area contributed by atoms with Crippen LogP contribution >= 0.6 is 0 Å². The Morgan fingerprint density at radius 3 is 1.23 bits per heavy atom. The first-order valence-corrected chi connectivity index (χ1v) is 7.87. The maximum absolute atomic E-state index is 5.36. The lowest BCUT2D eigenvalue weighted by molar-refractivity contribution is -0.875. The lowest BCUT2D eigenvalue weighted by Gasteiger charge is -2.24. The van der Waals surface area contributed by atoms with E-state index in [-0.39, 0.29) is 34.0 Å². The minimum Gasteiger partial charge on any atom is -1.00 e. The molecule has 0 heterocycles. The summed E-state index contributed by atoms with van der Waals surface area (Å²) in [6, 6.07) is 8.00. The molecule has 26 heavy (non-hydrogen) atoms. The van der Waals surface area contributed by atoms with Gasteiger partial charge in [-0.25, -0.2) is 0 Å². The summed E-state index contributed by atoms with van der Waals surface area (Å²) in [7, 11) is 8.31. The lowest BCUT2D eigenvalue weighted by Crippen LogP contribution is -3.00. The van der Waals surface area contributed by atoms with Crippen LogP contribution in [0.1, 0.15) is 11.1 Å². The normalized spacial score (nSPS) is 9.62. The van der Waals surface area contributed by atoms with Crippen LogP contribution in [0.15, 0.2) is 24.3 Å². The van der Waals surface area contributed by atoms with E-state index in [2.05, 4.69) is 63.7 Å². The average Bonchev–Trinajstić information content (AvgIpc) is 2.48. The molecule has 138 valence electrons. The molecule has 4 heteroatoms. The first-order chi connectivity index (χ1) is 11.3. The molecule has 1 aromatic rings. The molecule has 0 unspecified atom stereocenters. The van der Waals surface area contributed by atoms with Crippen molar-refractivity contribution >= 4 is 0 Å². The maximum Gasteiger partial charge on any atom is 0.141 e. The van der Waals surface area contributed by atoms with Gasteiger partial charge in [-0.2, -0.15) is 0 Å². The van der Waals surface area contributed by atoms with Crippen molar-refractivity contribution < 1.29 is 42.9 Å². The van der Waals surface area contributed by atoms with Crippen molar-refractivity contribution in [1.82, 2.24) is 0 Å². The summed E-state index contributed by atoms with van der Waals surface area (Å²) < 4.78 is 1.41. The Morgan fingerprint density at radius 2 is 0.962 bits per heavy atom. The van der Waals surface area contributed by atoms with Crippen molar-refractivity contribution in [3.63, 3.8) is 0 Å². The summed E-state index contributed by atoms with van der Waals surface area (Å²) in [5.41, 5.74) is 1.98. The Balaban J connectivity index is 0. The van der Waals surface area contributed by atoms with E-state index in [0.717, 1.165) is 24.2 Å². The van der Waals surface area contributed by atoms with Gasteiger partial charge in [0.2, 0.25) is 0 Å². The zero-order chi connectivity index (χ0) is 18.1. The Morgan fingerprint density at radius 1 is 0.654 bits per heavy atom. The fourth-order valence-corrected chi connectivity index (χ4v) is 1.95. The molecular weight excluding hydrogens is 452 g/mol. The summed E-state index contributed by atoms with van der Waals surface area (Å²) in [6.07, 6.45) is 10.7. The van der Waals surface area contributed by atoms with Crippen LogP contribution in [0.4, 0.5) is 0 Å². The predicted molar refractivity (Wildman–Crippen MR) is 102 cm³/mol. The molecule has 1 aromatic carbocycles. The number of rotatable bonds is 4. The molecule has 0 amide bonds. The SMILES string of the molecule is C#CC[N+](C)(C)CC#Cc1ccc(C#CC[N+](C)(C)CC#C)cc1.[Br-].[Br-]. The number of benzene rings is 1. The molecule has 0 fully saturated rings. The Bertz CT molecular complexity index is 688. The highest BCUT2D eigenvalue weighted by Gasteiger charge is 2.10. The zero-order valence-electron chi connectivity index (χ0n) is 15.9. The van der Waals surface area contributed by atoms with E-state index >= 15 is 0 Å². The molecule has 0 aliphatic rings. The minimum absolute atomic E-state index is 0. The second-order valence-electron chi connectivity index (χ2n) is 7.09. The molecule has 0 N–H and O–H groups in total. The molecule has 1 rings (SSSR count). The molecule has 0 aliphatic carbocycles. The van der Waals surface area contributed by atoms with E-state index in [1.807, 2.05) is 24.3 Å². The van der Waals surface area contributed by atoms with Crippen LogP contribution < -0.4 is 34.0 Å². The van der Waals surface area contributed by atoms with Crippen LogP contribution in [0.5, 0.6) is 0 Å². The van der Waals surface area contributed by atoms with Gasteiger partial charge in [0, 0.05) is 11.1 Å². The summed E-state index contributed by atoms with van der Waals surface area (Å²) >= 11 is 0. The van der Waals surface area contributed by atoms with Gasteiger partial charge in [-0.05, 0) is 47.9 Å². The van der Waals surface area contributed by atoms with Crippen LogP contribution in [-0.4, -0.2) is 63.3 Å². The van der Waals surface area contributed by atoms with Gasteiger partial charge in [0.1, 0.15) is 26.2 Å². The van der Waals surface area contributed by atoms with Crippen molar-refractivity contribution in [2.45, 2.75) is 0 Å². The Kier molecular flexibility index (Phi) is 12.9. The third kappa shape index (κ3) is 11.1. The Labute approximate surface area is 180 Å². The van der Waals surface area contributed by atoms with E-state index in [4.69, 9.17) is 12.8 Å². The molecule has 0 radical (unpaired) electrons. The van der Waals surface area contributed by atoms with Crippen molar-refractivity contribution in [1.29, 1.82) is 0 Å². The first-order valence-electron chi connectivity index (χ1n) is 7.87. The smallest absolute Gasteiger partial charge is 0.141 e. The van der Waals surface area contributed by atoms with Gasteiger partial charge in [0.15, 0.2) is 0 Å². The van der Waals surface area contributed by atoms with Gasteiger partial charge >= 0.3 is 0 Å². The summed E-state index contributed by atoms with van der Waals surface area (Å²) in [5.74, 6) is 18.1. The quantitative estimate of drug-likeness (QED) is 0.305. The standard InChI is InChI=1S/C22H26N2.2BrH/c1-7-17-23(3,4)19-9-11-21-13-15-22(16-14-21)12-10-20-24(5,6)18-8-2;;/h1-2,13-16H,17-20H2,3-6H3;2*1H/q+2;;/p-2. The summed E-state index contributed by atoms with van der Waals surface area (Å²) in [6.45, 7) is 2.82. The van der Waals surface area contributed by atoms with Crippen molar-refractivity contribution in [2.75, 3.05) is 54.4 Å². The molecule has 0 bridgehead atoms. The molecule has 0 atom stereocenters. The van der Waals surface area contributed by atoms with Gasteiger partial charge in [0.25, 0.3) is 0 Å². The fourth-order valence-electron chi connectivity index (χ4n) is 1.95. The van der Waals surface area contributed by atoms with Crippen LogP contribution in [0.2, 0.25) is 0 Å². The highest BCUT2D eigenvalue weighted by molar-refractivity contribution is 5.41. The van der Waals surface area contributed by atoms with Gasteiger partial charge in [-0.3, -0.25) is 0 Å². The molecule has 0 saturated carbocycles. The number of quaternary nitrogens is 2. The number of nitrogens with zero attached hydrogens (tertiary/aromatic N) is 2. The minimum atomic E-state index is 0. The monoisotopic (exact) mass is 476 g/mol. The van der Waals surface area contributed by atoms with E-state index in [0.29, 0.717) is 22.1 Å². The summed E-state index contributed by atoms with van der Waals surface area (Å²) in [5, 5.41) is 0. The maximum atomic E-state index is 5.36. The second kappa shape index (κ2) is 12.7. The Hall–Kier alpha value is -1.66. The van der Waals surface area contributed by atoms with Gasteiger partial charge in [-0.15, -0.1) is 12.8 Å². The zero-order valence-corrected chi connectivity index (χ0v) is 19.1. The van der Waals surface area contributed by atoms with Crippen LogP contribution in [-0.2, 0) is 0 Å². The molecule has 2 nitrogen and oxygen atoms in total. The number of halogens is 2. The number of hydrogen-bond acceptors (Lipinski definition) is 0. The van der Waals surface area contributed by atoms with Crippen LogP contribution in [0, 0.1) is 48.4 Å². The second-order valence-corrected chi connectivity index (χ2v) is 7.09. The van der Waals surface area contributed by atoms with Crippen molar-refractivity contribution in [3.05, 3.63) is 35.4 Å². The van der Waals surface area contributed by atoms with Crippen molar-refractivity contribution in [3.8, 4) is 48.4 Å². The topological polar surface area (TPSA) is 0 Å². The van der Waals surface area contributed by atoms with E-state index in [9.17, 15) is 0 Å². The highest BCUT2D eigenvalue weighted by Crippen LogP contribution is 2.03. The predicted octanol–water partition coefficient (Wildman–Crippen LogP) is -4.18. The number of hydrogen-bond donors (Lipinski definition) is 0. The van der Waals surface area contributed by atoms with Crippen LogP contribution in [0.3, 0.4) is 0 Å². The van der Waals surface area contributed by atoms with E-state index < -0.39 is 0 Å². The fraction of sp³-hybridized carbons (Fsp3) is 0.364. The molecular formula is C22H26Br2N2. The van der Waals surface area contributed by atoms with Gasteiger partial charge in [0.05, 0.1) is 28.2 Å². The summed E-state index contributed by atoms with van der Waals surface area (Å²) in [4.78, 5) is 0. The van der Waals surface area contributed by atoms with Gasteiger partial charge < -0.3 is 42.9 Å². The molecule has 0 aromatic heterocycles. The van der Waals surface area contributed by atoms with Crippen LogP contribution in [0.25, 0.3) is 0 Å². The third-order valence-corrected chi connectivity index (χ3v) is 3.40. The highest BCUT2D eigenvalue weighted by atomic mass is 79.9. The lowest BCUT2D eigenvalue weighted by atomic mass is 10.1.